The number of hydrogen-bond acceptors (Lipinski definition) is 3. The Labute approximate surface area is 101 Å². The number of fused-ring (bicyclic) bond motifs is 1. The summed E-state index contributed by atoms with van der Waals surface area (Å²) in [5.74, 6) is 1.33. The minimum Gasteiger partial charge on any atom is -0.493 e. The lowest BCUT2D eigenvalue weighted by molar-refractivity contribution is 0.216. The molecule has 1 aliphatic heterocycles. The molecule has 1 aliphatic rings. The van der Waals surface area contributed by atoms with Crippen LogP contribution < -0.4 is 9.47 Å². The van der Waals surface area contributed by atoms with E-state index in [0.29, 0.717) is 23.7 Å². The summed E-state index contributed by atoms with van der Waals surface area (Å²) in [7, 11) is 1.60. The van der Waals surface area contributed by atoms with Gasteiger partial charge in [-0.25, -0.2) is 0 Å². The molecule has 0 atom stereocenters. The van der Waals surface area contributed by atoms with Gasteiger partial charge in [0.1, 0.15) is 0 Å². The zero-order valence-corrected chi connectivity index (χ0v) is 10.3. The zero-order chi connectivity index (χ0) is 12.5. The van der Waals surface area contributed by atoms with Crippen molar-refractivity contribution < 1.29 is 9.47 Å². The molecule has 88 valence electrons. The molecular formula is C14H15NO2. The Morgan fingerprint density at radius 3 is 2.82 bits per heavy atom. The third kappa shape index (κ3) is 2.12. The summed E-state index contributed by atoms with van der Waals surface area (Å²) in [5.41, 5.74) is 1.29. The molecule has 0 amide bonds. The van der Waals surface area contributed by atoms with Crippen LogP contribution in [0.4, 0.5) is 0 Å². The fourth-order valence-electron chi connectivity index (χ4n) is 1.90. The Bertz CT molecular complexity index is 509. The van der Waals surface area contributed by atoms with Gasteiger partial charge in [-0.15, -0.1) is 0 Å². The van der Waals surface area contributed by atoms with Gasteiger partial charge in [0.25, 0.3) is 0 Å². The highest BCUT2D eigenvalue weighted by Crippen LogP contribution is 2.40. The molecule has 0 saturated carbocycles. The molecule has 1 aromatic carbocycles. The van der Waals surface area contributed by atoms with E-state index in [9.17, 15) is 5.26 Å². The molecule has 0 saturated heterocycles. The van der Waals surface area contributed by atoms with E-state index in [-0.39, 0.29) is 5.41 Å². The van der Waals surface area contributed by atoms with Gasteiger partial charge in [-0.2, -0.15) is 5.26 Å². The predicted octanol–water partition coefficient (Wildman–Crippen LogP) is 3.02. The quantitative estimate of drug-likeness (QED) is 0.743. The lowest BCUT2D eigenvalue weighted by Crippen LogP contribution is -2.17. The summed E-state index contributed by atoms with van der Waals surface area (Å²) < 4.78 is 11.1. The first-order chi connectivity index (χ1) is 8.07. The SMILES string of the molecule is COc1cccc2c1OCC(C)(C)C=C2C#N. The van der Waals surface area contributed by atoms with Gasteiger partial charge in [-0.05, 0) is 12.1 Å². The van der Waals surface area contributed by atoms with Crippen LogP contribution in [0.1, 0.15) is 19.4 Å². The smallest absolute Gasteiger partial charge is 0.169 e. The van der Waals surface area contributed by atoms with Crippen LogP contribution in [-0.2, 0) is 0 Å². The van der Waals surface area contributed by atoms with Crippen LogP contribution in [-0.4, -0.2) is 13.7 Å². The lowest BCUT2D eigenvalue weighted by Gasteiger charge is -2.19. The van der Waals surface area contributed by atoms with E-state index in [0.717, 1.165) is 5.56 Å². The fraction of sp³-hybridized carbons (Fsp3) is 0.357. The third-order valence-electron chi connectivity index (χ3n) is 2.73. The van der Waals surface area contributed by atoms with Crippen molar-refractivity contribution >= 4 is 5.57 Å². The second kappa shape index (κ2) is 4.14. The molecule has 1 aromatic rings. The predicted molar refractivity (Wildman–Crippen MR) is 65.9 cm³/mol. The van der Waals surface area contributed by atoms with E-state index >= 15 is 0 Å². The van der Waals surface area contributed by atoms with E-state index in [2.05, 4.69) is 6.07 Å². The van der Waals surface area contributed by atoms with Crippen LogP contribution in [0.5, 0.6) is 11.5 Å². The molecule has 0 N–H and O–H groups in total. The Hall–Kier alpha value is -1.95. The minimum atomic E-state index is -0.158. The van der Waals surface area contributed by atoms with E-state index in [1.54, 1.807) is 7.11 Å². The first-order valence-electron chi connectivity index (χ1n) is 5.50. The second-order valence-electron chi connectivity index (χ2n) is 4.78. The number of ether oxygens (including phenoxy) is 2. The second-order valence-corrected chi connectivity index (χ2v) is 4.78. The van der Waals surface area contributed by atoms with Gasteiger partial charge in [-0.3, -0.25) is 0 Å². The van der Waals surface area contributed by atoms with Crippen molar-refractivity contribution in [3.05, 3.63) is 29.8 Å². The zero-order valence-electron chi connectivity index (χ0n) is 10.3. The average molecular weight is 229 g/mol. The molecule has 3 nitrogen and oxygen atoms in total. The molecule has 17 heavy (non-hydrogen) atoms. The van der Waals surface area contributed by atoms with Gasteiger partial charge < -0.3 is 9.47 Å². The van der Waals surface area contributed by atoms with Crippen LogP contribution >= 0.6 is 0 Å². The summed E-state index contributed by atoms with van der Waals surface area (Å²) in [6.45, 7) is 4.62. The lowest BCUT2D eigenvalue weighted by atomic mass is 9.91. The molecule has 0 bridgehead atoms. The highest BCUT2D eigenvalue weighted by atomic mass is 16.5. The summed E-state index contributed by atoms with van der Waals surface area (Å²) >= 11 is 0. The number of rotatable bonds is 1. The van der Waals surface area contributed by atoms with E-state index in [4.69, 9.17) is 9.47 Å². The molecule has 2 rings (SSSR count). The monoisotopic (exact) mass is 229 g/mol. The van der Waals surface area contributed by atoms with Crippen molar-refractivity contribution in [3.63, 3.8) is 0 Å². The molecule has 0 unspecified atom stereocenters. The van der Waals surface area contributed by atoms with Gasteiger partial charge in [0.15, 0.2) is 11.5 Å². The van der Waals surface area contributed by atoms with E-state index in [1.165, 1.54) is 0 Å². The fourth-order valence-corrected chi connectivity index (χ4v) is 1.90. The number of nitrogens with zero attached hydrogens (tertiary/aromatic N) is 1. The van der Waals surface area contributed by atoms with Gasteiger partial charge in [0.2, 0.25) is 0 Å². The number of allylic oxidation sites excluding steroid dienone is 1. The largest absolute Gasteiger partial charge is 0.493 e. The standard InChI is InChI=1S/C14H15NO2/c1-14(2)7-10(8-15)11-5-4-6-12(16-3)13(11)17-9-14/h4-7H,9H2,1-3H3. The highest BCUT2D eigenvalue weighted by molar-refractivity contribution is 5.82. The first kappa shape index (κ1) is 11.5. The topological polar surface area (TPSA) is 42.2 Å². The van der Waals surface area contributed by atoms with Crippen LogP contribution in [0.25, 0.3) is 5.57 Å². The molecule has 0 spiro atoms. The van der Waals surface area contributed by atoms with Crippen LogP contribution in [0.3, 0.4) is 0 Å². The molecule has 1 heterocycles. The minimum absolute atomic E-state index is 0.158. The summed E-state index contributed by atoms with van der Waals surface area (Å²) in [6.07, 6.45) is 1.96. The number of benzene rings is 1. The van der Waals surface area contributed by atoms with E-state index < -0.39 is 0 Å². The van der Waals surface area contributed by atoms with Crippen molar-refractivity contribution in [2.45, 2.75) is 13.8 Å². The average Bonchev–Trinajstić information content (AvgIpc) is 2.45. The molecular weight excluding hydrogens is 214 g/mol. The molecule has 0 aromatic heterocycles. The van der Waals surface area contributed by atoms with Crippen LogP contribution in [0, 0.1) is 16.7 Å². The molecule has 0 fully saturated rings. The Morgan fingerprint density at radius 1 is 1.41 bits per heavy atom. The van der Waals surface area contributed by atoms with Crippen molar-refractivity contribution in [2.75, 3.05) is 13.7 Å². The maximum absolute atomic E-state index is 9.24. The summed E-state index contributed by atoms with van der Waals surface area (Å²) in [6, 6.07) is 7.82. The Balaban J connectivity index is 2.62. The molecule has 3 heteroatoms. The van der Waals surface area contributed by atoms with Crippen molar-refractivity contribution in [2.24, 2.45) is 5.41 Å². The number of nitriles is 1. The Morgan fingerprint density at radius 2 is 2.18 bits per heavy atom. The van der Waals surface area contributed by atoms with Crippen molar-refractivity contribution in [1.82, 2.24) is 0 Å². The maximum atomic E-state index is 9.24. The number of methoxy groups -OCH3 is 1. The summed E-state index contributed by atoms with van der Waals surface area (Å²) in [5, 5.41) is 9.24. The normalized spacial score (nSPS) is 16.9. The van der Waals surface area contributed by atoms with Crippen LogP contribution in [0.15, 0.2) is 24.3 Å². The summed E-state index contributed by atoms with van der Waals surface area (Å²) in [4.78, 5) is 0. The van der Waals surface area contributed by atoms with Crippen molar-refractivity contribution in [3.8, 4) is 17.6 Å². The van der Waals surface area contributed by atoms with Gasteiger partial charge >= 0.3 is 0 Å². The van der Waals surface area contributed by atoms with Gasteiger partial charge in [-0.1, -0.05) is 26.0 Å². The molecule has 0 aliphatic carbocycles. The van der Waals surface area contributed by atoms with Gasteiger partial charge in [0.05, 0.1) is 25.4 Å². The number of hydrogen-bond donors (Lipinski definition) is 0. The highest BCUT2D eigenvalue weighted by Gasteiger charge is 2.25. The third-order valence-corrected chi connectivity index (χ3v) is 2.73. The Kier molecular flexibility index (Phi) is 2.81. The van der Waals surface area contributed by atoms with Gasteiger partial charge in [0, 0.05) is 11.0 Å². The van der Waals surface area contributed by atoms with Crippen LogP contribution in [0.2, 0.25) is 0 Å². The maximum Gasteiger partial charge on any atom is 0.169 e. The first-order valence-corrected chi connectivity index (χ1v) is 5.50. The van der Waals surface area contributed by atoms with Crippen molar-refractivity contribution in [1.29, 1.82) is 5.26 Å². The molecule has 0 radical (unpaired) electrons. The number of para-hydroxylation sites is 1. The van der Waals surface area contributed by atoms with E-state index in [1.807, 2.05) is 38.1 Å².